The van der Waals surface area contributed by atoms with Crippen LogP contribution in [0.3, 0.4) is 0 Å². The van der Waals surface area contributed by atoms with Gasteiger partial charge >= 0.3 is 0 Å². The maximum absolute atomic E-state index is 7.61. The van der Waals surface area contributed by atoms with Gasteiger partial charge in [-0.05, 0) is 31.0 Å². The zero-order valence-electron chi connectivity index (χ0n) is 10.6. The lowest BCUT2D eigenvalue weighted by atomic mass is 10.1. The van der Waals surface area contributed by atoms with Crippen LogP contribution in [0.2, 0.25) is 5.02 Å². The summed E-state index contributed by atoms with van der Waals surface area (Å²) in [5.41, 5.74) is 7.29. The molecular formula is C13H20ClN3. The Balaban J connectivity index is 3.15. The van der Waals surface area contributed by atoms with Crippen molar-refractivity contribution in [3.8, 4) is 0 Å². The zero-order chi connectivity index (χ0) is 13.0. The largest absolute Gasteiger partial charge is 0.384 e. The monoisotopic (exact) mass is 253 g/mol. The molecule has 0 aromatic heterocycles. The number of hydrogen-bond acceptors (Lipinski definition) is 2. The minimum absolute atomic E-state index is 0.0823. The summed E-state index contributed by atoms with van der Waals surface area (Å²) in [4.78, 5) is 2.20. The molecule has 0 aliphatic carbocycles. The first-order chi connectivity index (χ1) is 7.95. The Morgan fingerprint density at radius 3 is 2.59 bits per heavy atom. The van der Waals surface area contributed by atoms with Gasteiger partial charge in [0.05, 0.1) is 0 Å². The Labute approximate surface area is 108 Å². The number of anilines is 1. The molecule has 0 amide bonds. The van der Waals surface area contributed by atoms with Crippen molar-refractivity contribution in [1.29, 1.82) is 5.41 Å². The first-order valence-electron chi connectivity index (χ1n) is 5.84. The van der Waals surface area contributed by atoms with Crippen LogP contribution in [0.15, 0.2) is 18.2 Å². The Morgan fingerprint density at radius 2 is 2.12 bits per heavy atom. The van der Waals surface area contributed by atoms with Gasteiger partial charge in [-0.15, -0.1) is 0 Å². The van der Waals surface area contributed by atoms with Crippen molar-refractivity contribution in [2.75, 3.05) is 18.0 Å². The van der Waals surface area contributed by atoms with Gasteiger partial charge in [0.2, 0.25) is 0 Å². The molecule has 0 spiro atoms. The molecule has 1 rings (SSSR count). The third-order valence-corrected chi connectivity index (χ3v) is 2.79. The van der Waals surface area contributed by atoms with Gasteiger partial charge < -0.3 is 10.6 Å². The summed E-state index contributed by atoms with van der Waals surface area (Å²) in [6.45, 7) is 8.23. The molecule has 0 radical (unpaired) electrons. The fourth-order valence-corrected chi connectivity index (χ4v) is 2.00. The van der Waals surface area contributed by atoms with Gasteiger partial charge in [-0.3, -0.25) is 5.41 Å². The maximum Gasteiger partial charge on any atom is 0.124 e. The number of nitrogens with one attached hydrogen (secondary N) is 1. The SMILES string of the molecule is CCN(CC(C)C)c1cc(Cl)ccc1C(=N)N. The Bertz CT molecular complexity index is 402. The van der Waals surface area contributed by atoms with Crippen molar-refractivity contribution in [2.45, 2.75) is 20.8 Å². The topological polar surface area (TPSA) is 53.1 Å². The van der Waals surface area contributed by atoms with Gasteiger partial charge in [0.15, 0.2) is 0 Å². The molecule has 0 unspecified atom stereocenters. The minimum Gasteiger partial charge on any atom is -0.384 e. The van der Waals surface area contributed by atoms with Crippen molar-refractivity contribution >= 4 is 23.1 Å². The van der Waals surface area contributed by atoms with E-state index in [0.29, 0.717) is 10.9 Å². The molecule has 0 bridgehead atoms. The van der Waals surface area contributed by atoms with E-state index in [1.54, 1.807) is 6.07 Å². The second-order valence-corrected chi connectivity index (χ2v) is 4.94. The van der Waals surface area contributed by atoms with Crippen molar-refractivity contribution in [3.63, 3.8) is 0 Å². The molecule has 17 heavy (non-hydrogen) atoms. The summed E-state index contributed by atoms with van der Waals surface area (Å²) in [5, 5.41) is 8.28. The van der Waals surface area contributed by atoms with Crippen LogP contribution < -0.4 is 10.6 Å². The standard InChI is InChI=1S/C13H20ClN3/c1-4-17(8-9(2)3)12-7-10(14)5-6-11(12)13(15)16/h5-7,9H,4,8H2,1-3H3,(H3,15,16). The molecule has 1 aromatic carbocycles. The fourth-order valence-electron chi connectivity index (χ4n) is 1.83. The summed E-state index contributed by atoms with van der Waals surface area (Å²) in [6, 6.07) is 5.46. The van der Waals surface area contributed by atoms with E-state index in [-0.39, 0.29) is 5.84 Å². The van der Waals surface area contributed by atoms with E-state index in [0.717, 1.165) is 24.3 Å². The van der Waals surface area contributed by atoms with Gasteiger partial charge in [-0.25, -0.2) is 0 Å². The van der Waals surface area contributed by atoms with E-state index in [2.05, 4.69) is 25.7 Å². The first kappa shape index (κ1) is 13.8. The van der Waals surface area contributed by atoms with Crippen LogP contribution >= 0.6 is 11.6 Å². The highest BCUT2D eigenvalue weighted by Gasteiger charge is 2.13. The molecule has 4 heteroatoms. The predicted molar refractivity (Wildman–Crippen MR) is 75.2 cm³/mol. The molecule has 3 N–H and O–H groups in total. The summed E-state index contributed by atoms with van der Waals surface area (Å²) in [5.74, 6) is 0.632. The summed E-state index contributed by atoms with van der Waals surface area (Å²) in [6.07, 6.45) is 0. The van der Waals surface area contributed by atoms with E-state index >= 15 is 0 Å². The number of hydrogen-bond donors (Lipinski definition) is 2. The fraction of sp³-hybridized carbons (Fsp3) is 0.462. The number of rotatable bonds is 5. The molecule has 0 aliphatic heterocycles. The third-order valence-electron chi connectivity index (χ3n) is 2.56. The Morgan fingerprint density at radius 1 is 1.47 bits per heavy atom. The van der Waals surface area contributed by atoms with Crippen LogP contribution in [-0.4, -0.2) is 18.9 Å². The summed E-state index contributed by atoms with van der Waals surface area (Å²) in [7, 11) is 0. The van der Waals surface area contributed by atoms with Crippen LogP contribution in [-0.2, 0) is 0 Å². The highest BCUT2D eigenvalue weighted by atomic mass is 35.5. The third kappa shape index (κ3) is 3.63. The van der Waals surface area contributed by atoms with Crippen molar-refractivity contribution in [2.24, 2.45) is 11.7 Å². The number of halogens is 1. The first-order valence-corrected chi connectivity index (χ1v) is 6.22. The number of nitrogens with two attached hydrogens (primary N) is 1. The molecule has 0 fully saturated rings. The molecule has 0 atom stereocenters. The van der Waals surface area contributed by atoms with Gasteiger partial charge in [-0.2, -0.15) is 0 Å². The van der Waals surface area contributed by atoms with Gasteiger partial charge in [0, 0.05) is 29.4 Å². The van der Waals surface area contributed by atoms with Gasteiger partial charge in [-0.1, -0.05) is 25.4 Å². The van der Waals surface area contributed by atoms with Crippen LogP contribution in [0.25, 0.3) is 0 Å². The Kier molecular flexibility index (Phi) is 4.82. The van der Waals surface area contributed by atoms with E-state index in [1.807, 2.05) is 12.1 Å². The summed E-state index contributed by atoms with van der Waals surface area (Å²) < 4.78 is 0. The molecule has 94 valence electrons. The average molecular weight is 254 g/mol. The molecule has 0 saturated heterocycles. The normalized spacial score (nSPS) is 10.6. The zero-order valence-corrected chi connectivity index (χ0v) is 11.4. The van der Waals surface area contributed by atoms with Gasteiger partial charge in [0.1, 0.15) is 5.84 Å². The molecule has 1 aromatic rings. The van der Waals surface area contributed by atoms with Crippen LogP contribution in [0.4, 0.5) is 5.69 Å². The van der Waals surface area contributed by atoms with Crippen molar-refractivity contribution in [3.05, 3.63) is 28.8 Å². The van der Waals surface area contributed by atoms with Gasteiger partial charge in [0.25, 0.3) is 0 Å². The lowest BCUT2D eigenvalue weighted by Crippen LogP contribution is -2.29. The summed E-state index contributed by atoms with van der Waals surface area (Å²) >= 11 is 6.02. The van der Waals surface area contributed by atoms with Crippen molar-refractivity contribution in [1.82, 2.24) is 0 Å². The van der Waals surface area contributed by atoms with E-state index < -0.39 is 0 Å². The lowest BCUT2D eigenvalue weighted by Gasteiger charge is -2.27. The highest BCUT2D eigenvalue weighted by Crippen LogP contribution is 2.25. The van der Waals surface area contributed by atoms with E-state index in [1.165, 1.54) is 0 Å². The molecule has 0 heterocycles. The van der Waals surface area contributed by atoms with E-state index in [4.69, 9.17) is 22.7 Å². The minimum atomic E-state index is 0.0823. The predicted octanol–water partition coefficient (Wildman–Crippen LogP) is 3.11. The quantitative estimate of drug-likeness (QED) is 0.626. The number of nitrogen functional groups attached to an aromatic ring is 1. The number of amidine groups is 1. The Hall–Kier alpha value is -1.22. The number of benzene rings is 1. The van der Waals surface area contributed by atoms with Crippen LogP contribution in [0.5, 0.6) is 0 Å². The smallest absolute Gasteiger partial charge is 0.124 e. The average Bonchev–Trinajstić information content (AvgIpc) is 2.25. The molecular weight excluding hydrogens is 234 g/mol. The highest BCUT2D eigenvalue weighted by molar-refractivity contribution is 6.31. The second kappa shape index (κ2) is 5.92. The van der Waals surface area contributed by atoms with Crippen LogP contribution in [0.1, 0.15) is 26.3 Å². The molecule has 3 nitrogen and oxygen atoms in total. The second-order valence-electron chi connectivity index (χ2n) is 4.51. The van der Waals surface area contributed by atoms with Crippen molar-refractivity contribution < 1.29 is 0 Å². The molecule has 0 saturated carbocycles. The maximum atomic E-state index is 7.61. The molecule has 0 aliphatic rings. The van der Waals surface area contributed by atoms with E-state index in [9.17, 15) is 0 Å². The van der Waals surface area contributed by atoms with Crippen LogP contribution in [0, 0.1) is 11.3 Å². The lowest BCUT2D eigenvalue weighted by molar-refractivity contribution is 0.618. The number of nitrogens with zero attached hydrogens (tertiary/aromatic N) is 1.